The van der Waals surface area contributed by atoms with Gasteiger partial charge in [0.1, 0.15) is 0 Å². The van der Waals surface area contributed by atoms with E-state index in [0.29, 0.717) is 22.8 Å². The second-order valence-corrected chi connectivity index (χ2v) is 4.97. The lowest BCUT2D eigenvalue weighted by Crippen LogP contribution is -2.19. The van der Waals surface area contributed by atoms with Crippen molar-refractivity contribution in [3.05, 3.63) is 52.3 Å². The topological polar surface area (TPSA) is 69.9 Å². The van der Waals surface area contributed by atoms with Crippen LogP contribution in [0.1, 0.15) is 28.5 Å². The third-order valence-corrected chi connectivity index (χ3v) is 3.21. The first-order valence-electron chi connectivity index (χ1n) is 6.27. The Morgan fingerprint density at radius 2 is 2.05 bits per heavy atom. The van der Waals surface area contributed by atoms with Crippen molar-refractivity contribution in [2.75, 3.05) is 4.90 Å². The van der Waals surface area contributed by atoms with Gasteiger partial charge in [-0.05, 0) is 31.5 Å². The zero-order valence-electron chi connectivity index (χ0n) is 11.7. The van der Waals surface area contributed by atoms with Crippen LogP contribution in [0.25, 0.3) is 0 Å². The van der Waals surface area contributed by atoms with E-state index in [9.17, 15) is 10.1 Å². The van der Waals surface area contributed by atoms with Crippen LogP contribution in [-0.4, -0.2) is 15.8 Å². The van der Waals surface area contributed by atoms with Crippen LogP contribution >= 0.6 is 11.6 Å². The molecule has 0 aliphatic rings. The second-order valence-electron chi connectivity index (χ2n) is 4.54. The molecule has 1 aromatic carbocycles. The molecule has 0 spiro atoms. The molecule has 0 N–H and O–H groups in total. The molecule has 106 valence electrons. The predicted octanol–water partition coefficient (Wildman–Crippen LogP) is 3.13. The summed E-state index contributed by atoms with van der Waals surface area (Å²) in [6.07, 6.45) is 3.50. The largest absolute Gasteiger partial charge is 0.294 e. The molecule has 2 rings (SSSR count). The number of aromatic nitrogens is 2. The fourth-order valence-electron chi connectivity index (χ4n) is 1.85. The molecule has 0 atom stereocenters. The molecule has 1 heterocycles. The fraction of sp³-hybridized carbons (Fsp3) is 0.200. The highest BCUT2D eigenvalue weighted by atomic mass is 35.5. The van der Waals surface area contributed by atoms with E-state index in [4.69, 9.17) is 11.6 Å². The molecule has 0 saturated heterocycles. The summed E-state index contributed by atoms with van der Waals surface area (Å²) < 4.78 is 0. The summed E-state index contributed by atoms with van der Waals surface area (Å²) in [5.41, 5.74) is 1.94. The SMILES string of the molecule is CC(=O)c1cnc(N(C#N)Cc2ccc(Cl)cc2)nc1C. The minimum atomic E-state index is -0.0970. The molecule has 0 aliphatic carbocycles. The Morgan fingerprint density at radius 3 is 2.57 bits per heavy atom. The van der Waals surface area contributed by atoms with Gasteiger partial charge in [0, 0.05) is 11.2 Å². The van der Waals surface area contributed by atoms with E-state index >= 15 is 0 Å². The van der Waals surface area contributed by atoms with Crippen LogP contribution < -0.4 is 4.90 Å². The summed E-state index contributed by atoms with van der Waals surface area (Å²) in [4.78, 5) is 21.0. The van der Waals surface area contributed by atoms with Crippen molar-refractivity contribution in [3.8, 4) is 6.19 Å². The monoisotopic (exact) mass is 300 g/mol. The normalized spacial score (nSPS) is 10.0. The molecule has 1 aromatic heterocycles. The molecule has 0 amide bonds. The number of aryl methyl sites for hydroxylation is 1. The van der Waals surface area contributed by atoms with Gasteiger partial charge in [-0.2, -0.15) is 5.26 Å². The quantitative estimate of drug-likeness (QED) is 0.493. The van der Waals surface area contributed by atoms with E-state index in [1.807, 2.05) is 18.3 Å². The van der Waals surface area contributed by atoms with Gasteiger partial charge in [0.15, 0.2) is 12.0 Å². The van der Waals surface area contributed by atoms with E-state index in [0.717, 1.165) is 5.56 Å². The molecule has 0 saturated carbocycles. The maximum absolute atomic E-state index is 11.4. The first kappa shape index (κ1) is 14.9. The van der Waals surface area contributed by atoms with Crippen LogP contribution in [0, 0.1) is 18.4 Å². The Bertz CT molecular complexity index is 707. The zero-order chi connectivity index (χ0) is 15.4. The van der Waals surface area contributed by atoms with E-state index in [1.165, 1.54) is 18.0 Å². The molecular formula is C15H13ClN4O. The van der Waals surface area contributed by atoms with Crippen LogP contribution in [0.5, 0.6) is 0 Å². The van der Waals surface area contributed by atoms with Gasteiger partial charge in [0.2, 0.25) is 5.95 Å². The highest BCUT2D eigenvalue weighted by Gasteiger charge is 2.13. The number of benzene rings is 1. The molecule has 2 aromatic rings. The smallest absolute Gasteiger partial charge is 0.239 e. The Hall–Kier alpha value is -2.45. The van der Waals surface area contributed by atoms with Crippen molar-refractivity contribution in [1.29, 1.82) is 5.26 Å². The number of rotatable bonds is 4. The summed E-state index contributed by atoms with van der Waals surface area (Å²) in [5.74, 6) is 0.176. The first-order valence-corrected chi connectivity index (χ1v) is 6.65. The fourth-order valence-corrected chi connectivity index (χ4v) is 1.98. The molecule has 6 heteroatoms. The molecule has 21 heavy (non-hydrogen) atoms. The van der Waals surface area contributed by atoms with Crippen LogP contribution in [0.4, 0.5) is 5.95 Å². The van der Waals surface area contributed by atoms with Gasteiger partial charge in [-0.1, -0.05) is 23.7 Å². The summed E-state index contributed by atoms with van der Waals surface area (Å²) in [5, 5.41) is 9.91. The van der Waals surface area contributed by atoms with E-state index in [-0.39, 0.29) is 11.7 Å². The Labute approximate surface area is 127 Å². The van der Waals surface area contributed by atoms with Crippen molar-refractivity contribution in [2.45, 2.75) is 20.4 Å². The van der Waals surface area contributed by atoms with Gasteiger partial charge in [-0.3, -0.25) is 4.79 Å². The van der Waals surface area contributed by atoms with Crippen LogP contribution in [0.3, 0.4) is 0 Å². The van der Waals surface area contributed by atoms with E-state index < -0.39 is 0 Å². The third-order valence-electron chi connectivity index (χ3n) is 2.96. The highest BCUT2D eigenvalue weighted by Crippen LogP contribution is 2.16. The maximum atomic E-state index is 11.4. The lowest BCUT2D eigenvalue weighted by Gasteiger charge is -2.14. The summed E-state index contributed by atoms with van der Waals surface area (Å²) in [6, 6.07) is 7.20. The minimum absolute atomic E-state index is 0.0970. The van der Waals surface area contributed by atoms with Crippen molar-refractivity contribution in [3.63, 3.8) is 0 Å². The minimum Gasteiger partial charge on any atom is -0.294 e. The van der Waals surface area contributed by atoms with Crippen molar-refractivity contribution >= 4 is 23.3 Å². The molecular weight excluding hydrogens is 288 g/mol. The number of carbonyl (C=O) groups is 1. The molecule has 0 fully saturated rings. The maximum Gasteiger partial charge on any atom is 0.239 e. The van der Waals surface area contributed by atoms with Gasteiger partial charge in [-0.25, -0.2) is 14.9 Å². The average Bonchev–Trinajstić information content (AvgIpc) is 2.46. The highest BCUT2D eigenvalue weighted by molar-refractivity contribution is 6.30. The summed E-state index contributed by atoms with van der Waals surface area (Å²) in [7, 11) is 0. The van der Waals surface area contributed by atoms with Crippen LogP contribution in [0.15, 0.2) is 30.5 Å². The number of nitriles is 1. The van der Waals surface area contributed by atoms with Crippen molar-refractivity contribution in [1.82, 2.24) is 9.97 Å². The van der Waals surface area contributed by atoms with Gasteiger partial charge in [0.25, 0.3) is 0 Å². The zero-order valence-corrected chi connectivity index (χ0v) is 12.4. The lowest BCUT2D eigenvalue weighted by molar-refractivity contribution is 0.101. The van der Waals surface area contributed by atoms with Crippen molar-refractivity contribution in [2.24, 2.45) is 0 Å². The number of hydrogen-bond donors (Lipinski definition) is 0. The standard InChI is InChI=1S/C15H13ClN4O/c1-10-14(11(2)21)7-18-15(19-10)20(9-17)8-12-3-5-13(16)6-4-12/h3-7H,8H2,1-2H3. The average molecular weight is 301 g/mol. The first-order chi connectivity index (χ1) is 10.0. The Morgan fingerprint density at radius 1 is 1.38 bits per heavy atom. The van der Waals surface area contributed by atoms with Crippen molar-refractivity contribution < 1.29 is 4.79 Å². The number of nitrogens with zero attached hydrogens (tertiary/aromatic N) is 4. The molecule has 5 nitrogen and oxygen atoms in total. The van der Waals surface area contributed by atoms with E-state index in [2.05, 4.69) is 9.97 Å². The molecule has 0 unspecified atom stereocenters. The summed E-state index contributed by atoms with van der Waals surface area (Å²) in [6.45, 7) is 3.52. The van der Waals surface area contributed by atoms with Crippen LogP contribution in [-0.2, 0) is 6.54 Å². The summed E-state index contributed by atoms with van der Waals surface area (Å²) >= 11 is 5.83. The van der Waals surface area contributed by atoms with Gasteiger partial charge >= 0.3 is 0 Å². The number of Topliss-reactive ketones (excluding diaryl/α,β-unsaturated/α-hetero) is 1. The number of anilines is 1. The molecule has 0 radical (unpaired) electrons. The third kappa shape index (κ3) is 3.56. The molecule has 0 aliphatic heterocycles. The van der Waals surface area contributed by atoms with Gasteiger partial charge in [0.05, 0.1) is 17.8 Å². The van der Waals surface area contributed by atoms with Gasteiger partial charge in [-0.15, -0.1) is 0 Å². The van der Waals surface area contributed by atoms with Gasteiger partial charge < -0.3 is 0 Å². The number of ketones is 1. The predicted molar refractivity (Wildman–Crippen MR) is 80.0 cm³/mol. The second kappa shape index (κ2) is 6.33. The Kier molecular flexibility index (Phi) is 4.51. The van der Waals surface area contributed by atoms with E-state index in [1.54, 1.807) is 19.1 Å². The Balaban J connectivity index is 2.26. The number of halogens is 1. The number of carbonyl (C=O) groups excluding carboxylic acids is 1. The van der Waals surface area contributed by atoms with Crippen LogP contribution in [0.2, 0.25) is 5.02 Å². The lowest BCUT2D eigenvalue weighted by atomic mass is 10.2. The number of hydrogen-bond acceptors (Lipinski definition) is 5. The molecule has 0 bridgehead atoms.